The van der Waals surface area contributed by atoms with Crippen LogP contribution < -0.4 is 9.47 Å². The molecule has 0 amide bonds. The highest BCUT2D eigenvalue weighted by Gasteiger charge is 2.80. The highest BCUT2D eigenvalue weighted by Crippen LogP contribution is 2.83. The Morgan fingerprint density at radius 2 is 1.58 bits per heavy atom. The summed E-state index contributed by atoms with van der Waals surface area (Å²) in [7, 11) is 5.79. The molecule has 1 aromatic rings. The van der Waals surface area contributed by atoms with E-state index >= 15 is 0 Å². The van der Waals surface area contributed by atoms with Crippen molar-refractivity contribution < 1.29 is 9.47 Å². The van der Waals surface area contributed by atoms with Crippen molar-refractivity contribution >= 4 is 0 Å². The van der Waals surface area contributed by atoms with E-state index in [1.807, 2.05) is 6.07 Å². The number of fused-ring (bicyclic) bond motifs is 2. The lowest BCUT2D eigenvalue weighted by Gasteiger charge is -2.50. The third kappa shape index (κ3) is 1.42. The lowest BCUT2D eigenvalue weighted by atomic mass is 9.58. The molecule has 0 spiro atoms. The van der Waals surface area contributed by atoms with E-state index in [1.165, 1.54) is 5.56 Å². The van der Waals surface area contributed by atoms with Crippen LogP contribution in [0.15, 0.2) is 18.2 Å². The van der Waals surface area contributed by atoms with E-state index in [0.29, 0.717) is 0 Å². The van der Waals surface area contributed by atoms with Crippen molar-refractivity contribution in [1.29, 1.82) is 0 Å². The van der Waals surface area contributed by atoms with Crippen molar-refractivity contribution in [3.05, 3.63) is 23.8 Å². The average molecular weight is 325 g/mol. The van der Waals surface area contributed by atoms with Gasteiger partial charge in [-0.15, -0.1) is 0 Å². The fraction of sp³-hybridized carbons (Fsp3) is 0.714. The third-order valence-corrected chi connectivity index (χ3v) is 8.67. The van der Waals surface area contributed by atoms with Crippen molar-refractivity contribution in [2.45, 2.75) is 25.4 Å². The molecule has 3 nitrogen and oxygen atoms in total. The van der Waals surface area contributed by atoms with E-state index in [4.69, 9.17) is 9.47 Å². The minimum Gasteiger partial charge on any atom is -0.493 e. The van der Waals surface area contributed by atoms with Gasteiger partial charge < -0.3 is 9.47 Å². The van der Waals surface area contributed by atoms with Crippen LogP contribution in [-0.4, -0.2) is 32.2 Å². The van der Waals surface area contributed by atoms with Crippen LogP contribution in [0.2, 0.25) is 0 Å². The number of benzene rings is 1. The van der Waals surface area contributed by atoms with Gasteiger partial charge in [-0.2, -0.15) is 0 Å². The molecule has 0 aliphatic heterocycles. The van der Waals surface area contributed by atoms with E-state index in [1.54, 1.807) is 27.1 Å². The van der Waals surface area contributed by atoms with E-state index < -0.39 is 0 Å². The Morgan fingerprint density at radius 3 is 2.33 bits per heavy atom. The van der Waals surface area contributed by atoms with E-state index in [9.17, 15) is 0 Å². The maximum absolute atomic E-state index is 5.49. The Hall–Kier alpha value is -1.22. The molecule has 0 N–H and O–H groups in total. The first-order chi connectivity index (χ1) is 11.7. The molecular weight excluding hydrogens is 298 g/mol. The van der Waals surface area contributed by atoms with Crippen molar-refractivity contribution in [2.24, 2.45) is 47.3 Å². The van der Waals surface area contributed by atoms with Crippen LogP contribution in [0.25, 0.3) is 0 Å². The molecule has 0 saturated heterocycles. The van der Waals surface area contributed by atoms with Gasteiger partial charge in [-0.1, -0.05) is 6.07 Å². The zero-order valence-corrected chi connectivity index (χ0v) is 14.8. The second kappa shape index (κ2) is 4.49. The fourth-order valence-electron chi connectivity index (χ4n) is 8.38. The Balaban J connectivity index is 1.26. The van der Waals surface area contributed by atoms with E-state index in [2.05, 4.69) is 24.1 Å². The van der Waals surface area contributed by atoms with Crippen LogP contribution in [0.5, 0.6) is 11.5 Å². The highest BCUT2D eigenvalue weighted by molar-refractivity contribution is 5.43. The molecule has 5 saturated carbocycles. The molecule has 8 unspecified atom stereocenters. The number of ether oxygens (including phenoxy) is 2. The van der Waals surface area contributed by atoms with Crippen molar-refractivity contribution in [3.63, 3.8) is 0 Å². The summed E-state index contributed by atoms with van der Waals surface area (Å²) in [5, 5.41) is 0. The van der Waals surface area contributed by atoms with Crippen LogP contribution in [0, 0.1) is 47.3 Å². The first-order valence-corrected chi connectivity index (χ1v) is 9.64. The van der Waals surface area contributed by atoms with Crippen LogP contribution in [-0.2, 0) is 6.54 Å². The minimum absolute atomic E-state index is 0.824. The summed E-state index contributed by atoms with van der Waals surface area (Å²) in [6, 6.07) is 7.24. The second-order valence-electron chi connectivity index (χ2n) is 9.03. The Labute approximate surface area is 144 Å². The zero-order chi connectivity index (χ0) is 16.2. The SMILES string of the molecule is COc1ccc(CN(C)[C@H]2C3C4CC5C6C4CC3C6C52)cc1OC. The summed E-state index contributed by atoms with van der Waals surface area (Å²) in [5.41, 5.74) is 1.34. The van der Waals surface area contributed by atoms with Crippen LogP contribution in [0.4, 0.5) is 0 Å². The van der Waals surface area contributed by atoms with Crippen LogP contribution in [0.1, 0.15) is 18.4 Å². The monoisotopic (exact) mass is 325 g/mol. The third-order valence-electron chi connectivity index (χ3n) is 8.67. The molecule has 0 aromatic heterocycles. The summed E-state index contributed by atoms with van der Waals surface area (Å²) >= 11 is 0. The quantitative estimate of drug-likeness (QED) is 0.829. The standard InChI is InChI=1S/C21H27NO2/c1-22(9-10-4-5-15(23-2)16(6-10)24-3)21-18-12-8-13-17-11(12)7-14(18)19(17)20(13)21/h4-6,11-14,17-21H,7-9H2,1-3H3/t11?,12?,13?,14?,17?,18?,19?,20?,21-/m0/s1. The molecule has 6 rings (SSSR count). The number of nitrogens with zero attached hydrogens (tertiary/aromatic N) is 1. The molecule has 5 aliphatic rings. The summed E-state index contributed by atoms with van der Waals surface area (Å²) in [6.07, 6.45) is 3.16. The summed E-state index contributed by atoms with van der Waals surface area (Å²) in [5.74, 6) is 10.4. The number of hydrogen-bond acceptors (Lipinski definition) is 3. The number of methoxy groups -OCH3 is 2. The summed E-state index contributed by atoms with van der Waals surface area (Å²) in [4.78, 5) is 2.69. The van der Waals surface area contributed by atoms with Crippen LogP contribution in [0.3, 0.4) is 0 Å². The van der Waals surface area contributed by atoms with E-state index in [-0.39, 0.29) is 0 Å². The number of rotatable bonds is 5. The molecule has 24 heavy (non-hydrogen) atoms. The van der Waals surface area contributed by atoms with Gasteiger partial charge in [-0.05, 0) is 84.9 Å². The van der Waals surface area contributed by atoms with Gasteiger partial charge in [0.15, 0.2) is 11.5 Å². The van der Waals surface area contributed by atoms with Gasteiger partial charge in [-0.25, -0.2) is 0 Å². The molecule has 5 fully saturated rings. The molecule has 0 heterocycles. The molecular formula is C21H27NO2. The lowest BCUT2D eigenvalue weighted by Crippen LogP contribution is -2.51. The molecule has 128 valence electrons. The minimum atomic E-state index is 0.824. The van der Waals surface area contributed by atoms with Gasteiger partial charge in [0, 0.05) is 12.6 Å². The average Bonchev–Trinajstić information content (AvgIpc) is 3.14. The Bertz CT molecular complexity index is 697. The largest absolute Gasteiger partial charge is 0.493 e. The summed E-state index contributed by atoms with van der Waals surface area (Å²) in [6.45, 7) is 1.03. The number of hydrogen-bond donors (Lipinski definition) is 0. The van der Waals surface area contributed by atoms with Crippen molar-refractivity contribution in [2.75, 3.05) is 21.3 Å². The lowest BCUT2D eigenvalue weighted by molar-refractivity contribution is -0.0220. The predicted molar refractivity (Wildman–Crippen MR) is 92.0 cm³/mol. The molecule has 1 aromatic carbocycles. The fourth-order valence-corrected chi connectivity index (χ4v) is 8.38. The first-order valence-electron chi connectivity index (χ1n) is 9.64. The zero-order valence-electron chi connectivity index (χ0n) is 14.8. The highest BCUT2D eigenvalue weighted by atomic mass is 16.5. The Kier molecular flexibility index (Phi) is 2.62. The second-order valence-corrected chi connectivity index (χ2v) is 9.03. The molecule has 3 heteroatoms. The van der Waals surface area contributed by atoms with Gasteiger partial charge >= 0.3 is 0 Å². The van der Waals surface area contributed by atoms with Gasteiger partial charge in [0.1, 0.15) is 0 Å². The molecule has 5 aliphatic carbocycles. The summed E-state index contributed by atoms with van der Waals surface area (Å²) < 4.78 is 10.9. The van der Waals surface area contributed by atoms with Crippen LogP contribution >= 0.6 is 0 Å². The maximum atomic E-state index is 5.49. The topological polar surface area (TPSA) is 21.7 Å². The Morgan fingerprint density at radius 1 is 0.875 bits per heavy atom. The molecule has 2 bridgehead atoms. The van der Waals surface area contributed by atoms with Crippen molar-refractivity contribution in [1.82, 2.24) is 4.90 Å². The molecule has 9 atom stereocenters. The van der Waals surface area contributed by atoms with Gasteiger partial charge in [0.25, 0.3) is 0 Å². The molecule has 0 radical (unpaired) electrons. The predicted octanol–water partition coefficient (Wildman–Crippen LogP) is 3.28. The normalized spacial score (nSPS) is 48.4. The van der Waals surface area contributed by atoms with Gasteiger partial charge in [0.05, 0.1) is 14.2 Å². The van der Waals surface area contributed by atoms with Crippen molar-refractivity contribution in [3.8, 4) is 11.5 Å². The van der Waals surface area contributed by atoms with Gasteiger partial charge in [-0.3, -0.25) is 4.90 Å². The maximum Gasteiger partial charge on any atom is 0.161 e. The first kappa shape index (κ1) is 14.0. The van der Waals surface area contributed by atoms with Gasteiger partial charge in [0.2, 0.25) is 0 Å². The van der Waals surface area contributed by atoms with E-state index in [0.717, 1.165) is 71.4 Å². The smallest absolute Gasteiger partial charge is 0.161 e.